The van der Waals surface area contributed by atoms with Gasteiger partial charge in [-0.05, 0) is 19.1 Å². The molecule has 0 N–H and O–H groups in total. The van der Waals surface area contributed by atoms with E-state index in [4.69, 9.17) is 14.2 Å². The van der Waals surface area contributed by atoms with E-state index in [1.54, 1.807) is 23.1 Å². The molecule has 0 saturated carbocycles. The van der Waals surface area contributed by atoms with Crippen LogP contribution in [-0.4, -0.2) is 49.7 Å². The summed E-state index contributed by atoms with van der Waals surface area (Å²) in [7, 11) is 0. The summed E-state index contributed by atoms with van der Waals surface area (Å²) in [5, 5.41) is 0. The Hall–Kier alpha value is -3.12. The average molecular weight is 395 g/mol. The summed E-state index contributed by atoms with van der Waals surface area (Å²) in [6.07, 6.45) is 1.96. The number of nitrogens with zero attached hydrogens (tertiary/aromatic N) is 1. The van der Waals surface area contributed by atoms with E-state index in [9.17, 15) is 9.59 Å². The van der Waals surface area contributed by atoms with Crippen molar-refractivity contribution >= 4 is 18.0 Å². The van der Waals surface area contributed by atoms with Crippen LogP contribution in [0.5, 0.6) is 5.75 Å². The van der Waals surface area contributed by atoms with Gasteiger partial charge >= 0.3 is 5.97 Å². The molecule has 1 aliphatic heterocycles. The predicted molar refractivity (Wildman–Crippen MR) is 109 cm³/mol. The van der Waals surface area contributed by atoms with Crippen LogP contribution >= 0.6 is 0 Å². The van der Waals surface area contributed by atoms with Gasteiger partial charge in [0, 0.05) is 30.3 Å². The first-order valence-electron chi connectivity index (χ1n) is 9.71. The molecule has 0 aliphatic carbocycles. The van der Waals surface area contributed by atoms with E-state index < -0.39 is 12.1 Å². The highest BCUT2D eigenvalue weighted by molar-refractivity contribution is 5.91. The van der Waals surface area contributed by atoms with E-state index in [1.807, 2.05) is 49.4 Å². The zero-order chi connectivity index (χ0) is 20.5. The summed E-state index contributed by atoms with van der Waals surface area (Å²) in [5.41, 5.74) is 1.41. The number of carbonyl (C=O) groups excluding carboxylic acids is 2. The Balaban J connectivity index is 1.75. The van der Waals surface area contributed by atoms with Crippen LogP contribution in [0.3, 0.4) is 0 Å². The van der Waals surface area contributed by atoms with Gasteiger partial charge in [0.1, 0.15) is 5.75 Å². The molecule has 1 atom stereocenters. The van der Waals surface area contributed by atoms with Crippen LogP contribution in [0.4, 0.5) is 0 Å². The number of esters is 1. The van der Waals surface area contributed by atoms with Crippen LogP contribution in [0.15, 0.2) is 60.7 Å². The molecule has 6 heteroatoms. The summed E-state index contributed by atoms with van der Waals surface area (Å²) in [6.45, 7) is 4.36. The minimum absolute atomic E-state index is 0.240. The molecule has 2 aromatic rings. The Morgan fingerprint density at radius 3 is 2.48 bits per heavy atom. The Labute approximate surface area is 170 Å². The van der Waals surface area contributed by atoms with Gasteiger partial charge in [-0.25, -0.2) is 4.79 Å². The van der Waals surface area contributed by atoms with E-state index in [-0.39, 0.29) is 5.91 Å². The van der Waals surface area contributed by atoms with Crippen LogP contribution in [0.25, 0.3) is 6.08 Å². The smallest absolute Gasteiger partial charge is 0.331 e. The van der Waals surface area contributed by atoms with Gasteiger partial charge in [-0.2, -0.15) is 0 Å². The molecular weight excluding hydrogens is 370 g/mol. The van der Waals surface area contributed by atoms with Crippen LogP contribution < -0.4 is 4.74 Å². The lowest BCUT2D eigenvalue weighted by molar-refractivity contribution is -0.159. The summed E-state index contributed by atoms with van der Waals surface area (Å²) >= 11 is 0. The van der Waals surface area contributed by atoms with Gasteiger partial charge in [0.2, 0.25) is 6.10 Å². The molecule has 0 unspecified atom stereocenters. The highest BCUT2D eigenvalue weighted by Gasteiger charge is 2.29. The second kappa shape index (κ2) is 10.4. The third-order valence-corrected chi connectivity index (χ3v) is 4.50. The number of rotatable bonds is 7. The highest BCUT2D eigenvalue weighted by atomic mass is 16.5. The van der Waals surface area contributed by atoms with Crippen molar-refractivity contribution in [2.45, 2.75) is 13.0 Å². The van der Waals surface area contributed by atoms with Gasteiger partial charge in [0.05, 0.1) is 19.8 Å². The maximum Gasteiger partial charge on any atom is 0.331 e. The van der Waals surface area contributed by atoms with Crippen molar-refractivity contribution in [2.24, 2.45) is 0 Å². The second-order valence-corrected chi connectivity index (χ2v) is 6.47. The predicted octanol–water partition coefficient (Wildman–Crippen LogP) is 3.24. The molecule has 152 valence electrons. The fraction of sp³-hybridized carbons (Fsp3) is 0.304. The normalized spacial score (nSPS) is 15.1. The van der Waals surface area contributed by atoms with E-state index >= 15 is 0 Å². The van der Waals surface area contributed by atoms with Crippen molar-refractivity contribution in [1.82, 2.24) is 4.90 Å². The van der Waals surface area contributed by atoms with Gasteiger partial charge in [-0.15, -0.1) is 0 Å². The Morgan fingerprint density at radius 2 is 1.76 bits per heavy atom. The maximum absolute atomic E-state index is 13.0. The van der Waals surface area contributed by atoms with Gasteiger partial charge < -0.3 is 19.1 Å². The van der Waals surface area contributed by atoms with Crippen LogP contribution in [0.1, 0.15) is 24.2 Å². The monoisotopic (exact) mass is 395 g/mol. The molecule has 0 aromatic heterocycles. The van der Waals surface area contributed by atoms with Crippen molar-refractivity contribution in [3.63, 3.8) is 0 Å². The number of amides is 1. The summed E-state index contributed by atoms with van der Waals surface area (Å²) < 4.78 is 16.4. The van der Waals surface area contributed by atoms with Crippen LogP contribution in [0, 0.1) is 0 Å². The minimum atomic E-state index is -0.992. The van der Waals surface area contributed by atoms with Gasteiger partial charge in [0.25, 0.3) is 5.91 Å². The molecule has 1 aliphatic rings. The van der Waals surface area contributed by atoms with Crippen LogP contribution in [-0.2, 0) is 19.1 Å². The van der Waals surface area contributed by atoms with Crippen molar-refractivity contribution in [2.75, 3.05) is 32.9 Å². The summed E-state index contributed by atoms with van der Waals surface area (Å²) in [5.74, 6) is -0.147. The number of hydrogen-bond acceptors (Lipinski definition) is 5. The van der Waals surface area contributed by atoms with Crippen molar-refractivity contribution in [1.29, 1.82) is 0 Å². The lowest BCUT2D eigenvalue weighted by Crippen LogP contribution is -2.44. The fourth-order valence-electron chi connectivity index (χ4n) is 3.06. The Morgan fingerprint density at radius 1 is 1.07 bits per heavy atom. The first-order chi connectivity index (χ1) is 14.2. The van der Waals surface area contributed by atoms with Crippen molar-refractivity contribution < 1.29 is 23.8 Å². The average Bonchev–Trinajstić information content (AvgIpc) is 2.78. The van der Waals surface area contributed by atoms with Gasteiger partial charge in [-0.3, -0.25) is 4.79 Å². The van der Waals surface area contributed by atoms with E-state index in [0.29, 0.717) is 44.2 Å². The topological polar surface area (TPSA) is 65.1 Å². The van der Waals surface area contributed by atoms with Gasteiger partial charge in [0.15, 0.2) is 0 Å². The third kappa shape index (κ3) is 5.68. The number of benzene rings is 2. The quantitative estimate of drug-likeness (QED) is 0.532. The molecule has 0 radical (unpaired) electrons. The lowest BCUT2D eigenvalue weighted by atomic mass is 10.1. The molecule has 0 spiro atoms. The molecule has 1 fully saturated rings. The molecular formula is C23H25NO5. The largest absolute Gasteiger partial charge is 0.493 e. The van der Waals surface area contributed by atoms with Crippen LogP contribution in [0.2, 0.25) is 0 Å². The van der Waals surface area contributed by atoms with Crippen molar-refractivity contribution in [3.8, 4) is 5.75 Å². The van der Waals surface area contributed by atoms with E-state index in [2.05, 4.69) is 0 Å². The lowest BCUT2D eigenvalue weighted by Gasteiger charge is -2.30. The highest BCUT2D eigenvalue weighted by Crippen LogP contribution is 2.23. The number of carbonyl (C=O) groups is 2. The first kappa shape index (κ1) is 20.6. The number of para-hydroxylation sites is 1. The maximum atomic E-state index is 13.0. The molecule has 1 heterocycles. The number of hydrogen-bond donors (Lipinski definition) is 0. The second-order valence-electron chi connectivity index (χ2n) is 6.47. The minimum Gasteiger partial charge on any atom is -0.493 e. The summed E-state index contributed by atoms with van der Waals surface area (Å²) in [4.78, 5) is 27.2. The van der Waals surface area contributed by atoms with E-state index in [0.717, 1.165) is 5.56 Å². The molecule has 3 rings (SSSR count). The third-order valence-electron chi connectivity index (χ3n) is 4.50. The Bertz CT molecular complexity index is 843. The number of ether oxygens (including phenoxy) is 3. The zero-order valence-electron chi connectivity index (χ0n) is 16.5. The van der Waals surface area contributed by atoms with Crippen molar-refractivity contribution in [3.05, 3.63) is 71.8 Å². The number of morpholine rings is 1. The standard InChI is InChI=1S/C23H25NO5/c1-2-28-20-11-7-6-8-18(20)12-13-21(25)29-22(19-9-4-3-5-10-19)23(26)24-14-16-27-17-15-24/h3-13,22H,2,14-17H2,1H3/b13-12+/t22-/m1/s1. The zero-order valence-corrected chi connectivity index (χ0v) is 16.5. The van der Waals surface area contributed by atoms with Gasteiger partial charge in [-0.1, -0.05) is 48.5 Å². The fourth-order valence-corrected chi connectivity index (χ4v) is 3.06. The SMILES string of the molecule is CCOc1ccccc1/C=C/C(=O)O[C@@H](C(=O)N1CCOCC1)c1ccccc1. The molecule has 1 saturated heterocycles. The molecule has 2 aromatic carbocycles. The van der Waals surface area contributed by atoms with E-state index in [1.165, 1.54) is 6.08 Å². The molecule has 6 nitrogen and oxygen atoms in total. The molecule has 29 heavy (non-hydrogen) atoms. The molecule has 0 bridgehead atoms. The molecule has 1 amide bonds. The Kier molecular flexibility index (Phi) is 7.41. The summed E-state index contributed by atoms with van der Waals surface area (Å²) in [6, 6.07) is 16.5. The first-order valence-corrected chi connectivity index (χ1v) is 9.71.